The summed E-state index contributed by atoms with van der Waals surface area (Å²) in [6.45, 7) is 18.0. The van der Waals surface area contributed by atoms with Crippen LogP contribution in [0.2, 0.25) is 0 Å². The van der Waals surface area contributed by atoms with Crippen molar-refractivity contribution in [1.82, 2.24) is 5.32 Å². The molecular formula is C25H32N2O. The van der Waals surface area contributed by atoms with Crippen molar-refractivity contribution in [2.75, 3.05) is 6.54 Å². The number of hydrogen-bond acceptors (Lipinski definition) is 3. The Bertz CT molecular complexity index is 1000. The maximum atomic E-state index is 10.8. The first-order chi connectivity index (χ1) is 13.1. The Morgan fingerprint density at radius 2 is 2.07 bits per heavy atom. The lowest BCUT2D eigenvalue weighted by Gasteiger charge is -2.50. The van der Waals surface area contributed by atoms with Crippen molar-refractivity contribution in [1.29, 1.82) is 0 Å². The van der Waals surface area contributed by atoms with E-state index >= 15 is 0 Å². The average molecular weight is 377 g/mol. The number of allylic oxidation sites excluding steroid dienone is 2. The summed E-state index contributed by atoms with van der Waals surface area (Å²) in [6, 6.07) is 6.45. The van der Waals surface area contributed by atoms with Gasteiger partial charge in [0.2, 0.25) is 0 Å². The smallest absolute Gasteiger partial charge is 0.0940 e. The molecule has 0 amide bonds. The zero-order valence-electron chi connectivity index (χ0n) is 17.5. The summed E-state index contributed by atoms with van der Waals surface area (Å²) >= 11 is 0. The lowest BCUT2D eigenvalue weighted by atomic mass is 9.62. The molecule has 2 aliphatic carbocycles. The molecule has 28 heavy (non-hydrogen) atoms. The largest absolute Gasteiger partial charge is 0.387 e. The van der Waals surface area contributed by atoms with Crippen LogP contribution in [0.1, 0.15) is 46.1 Å². The normalized spacial score (nSPS) is 37.2. The molecule has 0 bridgehead atoms. The van der Waals surface area contributed by atoms with Gasteiger partial charge >= 0.3 is 0 Å². The molecule has 2 saturated carbocycles. The van der Waals surface area contributed by atoms with E-state index in [0.29, 0.717) is 5.92 Å². The Morgan fingerprint density at radius 1 is 1.32 bits per heavy atom. The number of nitrogens with one attached hydrogen (secondary N) is 1. The molecule has 3 nitrogen and oxygen atoms in total. The van der Waals surface area contributed by atoms with Crippen LogP contribution in [0.4, 0.5) is 0 Å². The summed E-state index contributed by atoms with van der Waals surface area (Å²) < 4.78 is 0. The minimum Gasteiger partial charge on any atom is -0.387 e. The third-order valence-electron chi connectivity index (χ3n) is 7.58. The standard InChI is InChI=1S/C25H32N2O/c1-7-23(4,5)20-10-8-9-18(17(20)3)11-12-19-15-26-16(2)14-27-24(6)22(19)21-13-25(21,24)28/h8-12,14,21-22,26,28H,2-3,7,13,15H2,1,4-6H3/b18-11-,19-12+,27-14+. The molecule has 1 aliphatic heterocycles. The fraction of sp³-hybridized carbons (Fsp3) is 0.480. The molecule has 1 aromatic carbocycles. The maximum Gasteiger partial charge on any atom is 0.0940 e. The van der Waals surface area contributed by atoms with Gasteiger partial charge in [-0.15, -0.1) is 0 Å². The molecule has 3 aliphatic rings. The molecule has 1 aromatic rings. The molecule has 0 aromatic heterocycles. The fourth-order valence-corrected chi connectivity index (χ4v) is 5.16. The monoisotopic (exact) mass is 376 g/mol. The van der Waals surface area contributed by atoms with Crippen molar-refractivity contribution in [3.05, 3.63) is 58.1 Å². The molecule has 148 valence electrons. The Hall–Kier alpha value is -2.13. The summed E-state index contributed by atoms with van der Waals surface area (Å²) in [6.07, 6.45) is 8.10. The van der Waals surface area contributed by atoms with E-state index in [1.54, 1.807) is 6.21 Å². The SMILES string of the molecule is C=C1/C=N/C2(C)C(/C(=C/C=c3/cccc(C(C)(C)CC)c3=C)CN1)C1CC12O. The number of hydrogen-bond donors (Lipinski definition) is 2. The number of aliphatic hydroxyl groups is 1. The van der Waals surface area contributed by atoms with Crippen molar-refractivity contribution in [3.63, 3.8) is 0 Å². The van der Waals surface area contributed by atoms with Gasteiger partial charge in [-0.3, -0.25) is 4.99 Å². The van der Waals surface area contributed by atoms with Gasteiger partial charge in [-0.05, 0) is 46.8 Å². The Morgan fingerprint density at radius 3 is 2.79 bits per heavy atom. The highest BCUT2D eigenvalue weighted by Gasteiger charge is 2.80. The van der Waals surface area contributed by atoms with Crippen LogP contribution in [0, 0.1) is 11.8 Å². The minimum absolute atomic E-state index is 0.110. The van der Waals surface area contributed by atoms with Gasteiger partial charge in [0.05, 0.1) is 11.1 Å². The topological polar surface area (TPSA) is 44.6 Å². The number of fused-ring (bicyclic) bond motifs is 4. The van der Waals surface area contributed by atoms with Gasteiger partial charge < -0.3 is 10.4 Å². The predicted molar refractivity (Wildman–Crippen MR) is 118 cm³/mol. The van der Waals surface area contributed by atoms with E-state index < -0.39 is 11.1 Å². The van der Waals surface area contributed by atoms with Crippen molar-refractivity contribution in [3.8, 4) is 0 Å². The summed E-state index contributed by atoms with van der Waals surface area (Å²) in [5, 5.41) is 16.4. The molecular weight excluding hydrogens is 344 g/mol. The Kier molecular flexibility index (Phi) is 4.24. The first kappa shape index (κ1) is 19.2. The molecule has 2 N–H and O–H groups in total. The quantitative estimate of drug-likeness (QED) is 0.852. The highest BCUT2D eigenvalue weighted by molar-refractivity contribution is 5.78. The first-order valence-corrected chi connectivity index (χ1v) is 10.3. The zero-order valence-corrected chi connectivity index (χ0v) is 17.5. The first-order valence-electron chi connectivity index (χ1n) is 10.3. The average Bonchev–Trinajstić information content (AvgIpc) is 3.29. The predicted octanol–water partition coefficient (Wildman–Crippen LogP) is 2.82. The molecule has 0 saturated heterocycles. The van der Waals surface area contributed by atoms with E-state index in [4.69, 9.17) is 4.99 Å². The van der Waals surface area contributed by atoms with Crippen LogP contribution in [-0.4, -0.2) is 29.0 Å². The number of nitrogens with zero attached hydrogens (tertiary/aromatic N) is 1. The van der Waals surface area contributed by atoms with Crippen LogP contribution < -0.4 is 15.8 Å². The van der Waals surface area contributed by atoms with Crippen LogP contribution in [-0.2, 0) is 5.41 Å². The minimum atomic E-state index is -0.632. The van der Waals surface area contributed by atoms with Gasteiger partial charge in [0.25, 0.3) is 0 Å². The van der Waals surface area contributed by atoms with Crippen LogP contribution in [0.25, 0.3) is 12.7 Å². The van der Waals surface area contributed by atoms with Crippen LogP contribution in [0.15, 0.2) is 47.1 Å². The summed E-state index contributed by atoms with van der Waals surface area (Å²) in [7, 11) is 0. The third kappa shape index (κ3) is 2.63. The maximum absolute atomic E-state index is 10.8. The van der Waals surface area contributed by atoms with Gasteiger partial charge in [-0.25, -0.2) is 0 Å². The molecule has 3 heteroatoms. The third-order valence-corrected chi connectivity index (χ3v) is 7.58. The van der Waals surface area contributed by atoms with E-state index in [-0.39, 0.29) is 11.3 Å². The van der Waals surface area contributed by atoms with E-state index in [0.717, 1.165) is 35.5 Å². The van der Waals surface area contributed by atoms with Crippen molar-refractivity contribution in [2.45, 2.75) is 57.1 Å². The molecule has 1 heterocycles. The fourth-order valence-electron chi connectivity index (χ4n) is 5.16. The van der Waals surface area contributed by atoms with Crippen LogP contribution in [0.5, 0.6) is 0 Å². The second-order valence-electron chi connectivity index (χ2n) is 9.52. The van der Waals surface area contributed by atoms with Crippen molar-refractivity contribution >= 4 is 18.9 Å². The summed E-state index contributed by atoms with van der Waals surface area (Å²) in [5.41, 5.74) is 2.42. The number of aliphatic imine (C=N–C) groups is 1. The second-order valence-corrected chi connectivity index (χ2v) is 9.52. The molecule has 0 radical (unpaired) electrons. The van der Waals surface area contributed by atoms with Gasteiger partial charge in [-0.2, -0.15) is 0 Å². The number of benzene rings is 1. The van der Waals surface area contributed by atoms with Gasteiger partial charge in [0, 0.05) is 30.3 Å². The van der Waals surface area contributed by atoms with Gasteiger partial charge in [0.1, 0.15) is 0 Å². The zero-order chi connectivity index (χ0) is 20.3. The van der Waals surface area contributed by atoms with Crippen LogP contribution in [0.3, 0.4) is 0 Å². The van der Waals surface area contributed by atoms with Crippen LogP contribution >= 0.6 is 0 Å². The van der Waals surface area contributed by atoms with Gasteiger partial charge in [0.15, 0.2) is 0 Å². The van der Waals surface area contributed by atoms with E-state index in [2.05, 4.69) is 76.5 Å². The summed E-state index contributed by atoms with van der Waals surface area (Å²) in [4.78, 5) is 4.74. The molecule has 4 rings (SSSR count). The molecule has 0 spiro atoms. The highest BCUT2D eigenvalue weighted by atomic mass is 16.3. The van der Waals surface area contributed by atoms with Gasteiger partial charge in [-0.1, -0.05) is 64.3 Å². The summed E-state index contributed by atoms with van der Waals surface area (Å²) in [5.74, 6) is 0.598. The molecule has 4 atom stereocenters. The highest BCUT2D eigenvalue weighted by Crippen LogP contribution is 2.72. The second kappa shape index (κ2) is 6.18. The number of rotatable bonds is 3. The van der Waals surface area contributed by atoms with E-state index in [1.165, 1.54) is 11.1 Å². The molecule has 4 unspecified atom stereocenters. The van der Waals surface area contributed by atoms with Crippen molar-refractivity contribution < 1.29 is 5.11 Å². The van der Waals surface area contributed by atoms with E-state index in [1.807, 2.05) is 0 Å². The molecule has 2 fully saturated rings. The Balaban J connectivity index is 1.76. The lowest BCUT2D eigenvalue weighted by Crippen LogP contribution is -2.60. The van der Waals surface area contributed by atoms with Crippen molar-refractivity contribution in [2.24, 2.45) is 16.8 Å². The van der Waals surface area contributed by atoms with E-state index in [9.17, 15) is 5.11 Å². The lowest BCUT2D eigenvalue weighted by molar-refractivity contribution is -0.0470. The Labute approximate surface area is 168 Å².